The summed E-state index contributed by atoms with van der Waals surface area (Å²) in [6, 6.07) is 7.26. The number of nitrogens with one attached hydrogen (secondary N) is 1. The lowest BCUT2D eigenvalue weighted by molar-refractivity contribution is 0.0111. The molecule has 1 amide bonds. The van der Waals surface area contributed by atoms with Crippen molar-refractivity contribution in [3.8, 4) is 0 Å². The summed E-state index contributed by atoms with van der Waals surface area (Å²) >= 11 is 0. The van der Waals surface area contributed by atoms with Gasteiger partial charge >= 0.3 is 0 Å². The smallest absolute Gasteiger partial charge is 0.249 e. The van der Waals surface area contributed by atoms with Crippen molar-refractivity contribution in [1.29, 1.82) is 0 Å². The van der Waals surface area contributed by atoms with Crippen molar-refractivity contribution in [3.05, 3.63) is 35.4 Å². The van der Waals surface area contributed by atoms with Gasteiger partial charge in [-0.25, -0.2) is 0 Å². The number of rotatable bonds is 5. The number of primary amides is 1. The molecule has 4 N–H and O–H groups in total. The van der Waals surface area contributed by atoms with E-state index >= 15 is 0 Å². The Balaban J connectivity index is 2.07. The third-order valence-corrected chi connectivity index (χ3v) is 3.69. The third-order valence-electron chi connectivity index (χ3n) is 3.69. The molecule has 0 bridgehead atoms. The average molecular weight is 264 g/mol. The molecule has 0 unspecified atom stereocenters. The minimum absolute atomic E-state index is 0.0646. The Bertz CT molecular complexity index is 442. The van der Waals surface area contributed by atoms with Crippen molar-refractivity contribution in [2.45, 2.75) is 24.9 Å². The van der Waals surface area contributed by atoms with Crippen LogP contribution in [0.5, 0.6) is 0 Å². The predicted octanol–water partition coefficient (Wildman–Crippen LogP) is 0.417. The van der Waals surface area contributed by atoms with E-state index in [0.717, 1.165) is 18.4 Å². The Kier molecular flexibility index (Phi) is 4.52. The summed E-state index contributed by atoms with van der Waals surface area (Å²) in [5.74, 6) is -0.428. The zero-order valence-electron chi connectivity index (χ0n) is 10.9. The number of carbonyl (C=O) groups is 1. The van der Waals surface area contributed by atoms with Crippen LogP contribution in [0.1, 0.15) is 28.8 Å². The van der Waals surface area contributed by atoms with Gasteiger partial charge in [0.15, 0.2) is 0 Å². The molecule has 2 rings (SSSR count). The minimum atomic E-state index is -0.428. The summed E-state index contributed by atoms with van der Waals surface area (Å²) in [7, 11) is 0. The molecule has 0 atom stereocenters. The predicted molar refractivity (Wildman–Crippen MR) is 71.7 cm³/mol. The molecule has 5 heteroatoms. The monoisotopic (exact) mass is 264 g/mol. The Hall–Kier alpha value is -1.43. The first kappa shape index (κ1) is 14.0. The van der Waals surface area contributed by atoms with E-state index in [4.69, 9.17) is 10.5 Å². The molecule has 0 aromatic heterocycles. The van der Waals surface area contributed by atoms with Crippen LogP contribution in [-0.2, 0) is 11.3 Å². The molecular formula is C14H20N2O3. The van der Waals surface area contributed by atoms with Crippen LogP contribution in [0.2, 0.25) is 0 Å². The lowest BCUT2D eigenvalue weighted by Crippen LogP contribution is -2.52. The number of hydrogen-bond acceptors (Lipinski definition) is 4. The van der Waals surface area contributed by atoms with Crippen molar-refractivity contribution in [3.63, 3.8) is 0 Å². The van der Waals surface area contributed by atoms with Gasteiger partial charge in [-0.05, 0) is 24.5 Å². The molecule has 1 heterocycles. The number of hydrogen-bond donors (Lipinski definition) is 3. The Morgan fingerprint density at radius 3 is 2.68 bits per heavy atom. The van der Waals surface area contributed by atoms with Gasteiger partial charge in [0.05, 0.1) is 6.61 Å². The summed E-state index contributed by atoms with van der Waals surface area (Å²) in [6.45, 7) is 1.87. The van der Waals surface area contributed by atoms with Crippen LogP contribution in [-0.4, -0.2) is 36.4 Å². The molecule has 0 saturated carbocycles. The van der Waals surface area contributed by atoms with Gasteiger partial charge in [-0.2, -0.15) is 0 Å². The van der Waals surface area contributed by atoms with Crippen LogP contribution in [0, 0.1) is 0 Å². The summed E-state index contributed by atoms with van der Waals surface area (Å²) in [5.41, 5.74) is 6.42. The maximum Gasteiger partial charge on any atom is 0.249 e. The first-order valence-electron chi connectivity index (χ1n) is 6.48. The lowest BCUT2D eigenvalue weighted by Gasteiger charge is -2.36. The molecule has 0 radical (unpaired) electrons. The summed E-state index contributed by atoms with van der Waals surface area (Å²) in [6.07, 6.45) is 1.53. The number of nitrogens with two attached hydrogens (primary N) is 1. The normalized spacial score (nSPS) is 18.2. The summed E-state index contributed by atoms with van der Waals surface area (Å²) in [5, 5.41) is 12.9. The van der Waals surface area contributed by atoms with E-state index < -0.39 is 5.91 Å². The minimum Gasteiger partial charge on any atom is -0.394 e. The van der Waals surface area contributed by atoms with Crippen molar-refractivity contribution in [2.24, 2.45) is 5.73 Å². The van der Waals surface area contributed by atoms with Crippen LogP contribution in [0.4, 0.5) is 0 Å². The van der Waals surface area contributed by atoms with E-state index in [1.54, 1.807) is 12.1 Å². The van der Waals surface area contributed by atoms with Gasteiger partial charge in [0, 0.05) is 30.9 Å². The molecule has 0 aliphatic carbocycles. The number of amides is 1. The van der Waals surface area contributed by atoms with Crippen molar-refractivity contribution < 1.29 is 14.6 Å². The first-order valence-corrected chi connectivity index (χ1v) is 6.48. The van der Waals surface area contributed by atoms with E-state index in [-0.39, 0.29) is 12.1 Å². The van der Waals surface area contributed by atoms with Crippen LogP contribution in [0.25, 0.3) is 0 Å². The molecule has 5 nitrogen and oxygen atoms in total. The van der Waals surface area contributed by atoms with E-state index in [9.17, 15) is 9.90 Å². The second-order valence-electron chi connectivity index (χ2n) is 4.93. The maximum absolute atomic E-state index is 11.3. The molecule has 1 aliphatic heterocycles. The highest BCUT2D eigenvalue weighted by molar-refractivity contribution is 5.94. The van der Waals surface area contributed by atoms with Crippen LogP contribution in [0.15, 0.2) is 24.3 Å². The zero-order chi connectivity index (χ0) is 13.7. The van der Waals surface area contributed by atoms with E-state index in [1.165, 1.54) is 0 Å². The highest BCUT2D eigenvalue weighted by Gasteiger charge is 2.31. The molecule has 19 heavy (non-hydrogen) atoms. The van der Waals surface area contributed by atoms with Crippen molar-refractivity contribution in [2.75, 3.05) is 19.8 Å². The van der Waals surface area contributed by atoms with E-state index in [0.29, 0.717) is 25.3 Å². The van der Waals surface area contributed by atoms with Crippen molar-refractivity contribution in [1.82, 2.24) is 5.32 Å². The fourth-order valence-corrected chi connectivity index (χ4v) is 2.35. The Labute approximate surface area is 112 Å². The second-order valence-corrected chi connectivity index (χ2v) is 4.93. The van der Waals surface area contributed by atoms with E-state index in [1.807, 2.05) is 12.1 Å². The number of carbonyl (C=O) groups excluding carboxylic acids is 1. The van der Waals surface area contributed by atoms with Crippen LogP contribution in [0.3, 0.4) is 0 Å². The molecule has 1 aromatic carbocycles. The molecule has 1 aromatic rings. The summed E-state index contributed by atoms with van der Waals surface area (Å²) < 4.78 is 5.32. The van der Waals surface area contributed by atoms with Gasteiger partial charge in [0.2, 0.25) is 5.91 Å². The SMILES string of the molecule is NC(=O)c1ccccc1CNC1(CO)CCOCC1. The Morgan fingerprint density at radius 2 is 2.05 bits per heavy atom. The highest BCUT2D eigenvalue weighted by Crippen LogP contribution is 2.21. The largest absolute Gasteiger partial charge is 0.394 e. The molecular weight excluding hydrogens is 244 g/mol. The fraction of sp³-hybridized carbons (Fsp3) is 0.500. The molecule has 0 spiro atoms. The van der Waals surface area contributed by atoms with Gasteiger partial charge < -0.3 is 20.9 Å². The van der Waals surface area contributed by atoms with Crippen molar-refractivity contribution >= 4 is 5.91 Å². The van der Waals surface area contributed by atoms with Gasteiger partial charge in [0.1, 0.15) is 0 Å². The highest BCUT2D eigenvalue weighted by atomic mass is 16.5. The Morgan fingerprint density at radius 1 is 1.37 bits per heavy atom. The van der Waals surface area contributed by atoms with Gasteiger partial charge in [0.25, 0.3) is 0 Å². The average Bonchev–Trinajstić information content (AvgIpc) is 2.46. The van der Waals surface area contributed by atoms with Gasteiger partial charge in [-0.1, -0.05) is 18.2 Å². The molecule has 1 fully saturated rings. The number of aliphatic hydroxyl groups is 1. The maximum atomic E-state index is 11.3. The zero-order valence-corrected chi connectivity index (χ0v) is 10.9. The number of aliphatic hydroxyl groups excluding tert-OH is 1. The van der Waals surface area contributed by atoms with E-state index in [2.05, 4.69) is 5.32 Å². The lowest BCUT2D eigenvalue weighted by atomic mass is 9.90. The van der Waals surface area contributed by atoms with Gasteiger partial charge in [-0.15, -0.1) is 0 Å². The quantitative estimate of drug-likeness (QED) is 0.719. The molecule has 104 valence electrons. The number of ether oxygens (including phenoxy) is 1. The summed E-state index contributed by atoms with van der Waals surface area (Å²) in [4.78, 5) is 11.3. The molecule has 1 aliphatic rings. The topological polar surface area (TPSA) is 84.6 Å². The molecule has 1 saturated heterocycles. The standard InChI is InChI=1S/C14H20N2O3/c15-13(18)12-4-2-1-3-11(12)9-16-14(10-17)5-7-19-8-6-14/h1-4,16-17H,5-10H2,(H2,15,18). The number of benzene rings is 1. The van der Waals surface area contributed by atoms with Crippen LogP contribution < -0.4 is 11.1 Å². The first-order chi connectivity index (χ1) is 9.17. The fourth-order valence-electron chi connectivity index (χ4n) is 2.35. The second kappa shape index (κ2) is 6.14. The van der Waals surface area contributed by atoms with Crippen LogP contribution >= 0.6 is 0 Å². The van der Waals surface area contributed by atoms with Gasteiger partial charge in [-0.3, -0.25) is 4.79 Å². The third kappa shape index (κ3) is 3.32.